The number of carbonyl (C=O) groups is 1. The van der Waals surface area contributed by atoms with E-state index in [2.05, 4.69) is 4.90 Å². The first-order chi connectivity index (χ1) is 19.2. The quantitative estimate of drug-likeness (QED) is 0.275. The molecular formula is C32H37F2NO5. The van der Waals surface area contributed by atoms with Crippen molar-refractivity contribution in [2.24, 2.45) is 0 Å². The van der Waals surface area contributed by atoms with Crippen molar-refractivity contribution >= 4 is 5.78 Å². The molecule has 1 unspecified atom stereocenters. The Labute approximate surface area is 234 Å². The van der Waals surface area contributed by atoms with Crippen LogP contribution in [0, 0.1) is 11.6 Å². The molecule has 3 aromatic rings. The Morgan fingerprint density at radius 3 is 2.08 bits per heavy atom. The molecule has 0 aliphatic carbocycles. The summed E-state index contributed by atoms with van der Waals surface area (Å²) in [6.45, 7) is 5.31. The number of likely N-dealkylation sites (tertiary alicyclic amines) is 1. The normalized spacial score (nSPS) is 15.3. The van der Waals surface area contributed by atoms with Crippen molar-refractivity contribution in [2.75, 3.05) is 26.2 Å². The highest BCUT2D eigenvalue weighted by Gasteiger charge is 2.26. The number of aliphatic hydroxyl groups is 1. The van der Waals surface area contributed by atoms with Gasteiger partial charge in [0.15, 0.2) is 5.78 Å². The van der Waals surface area contributed by atoms with Gasteiger partial charge in [-0.05, 0) is 73.7 Å². The lowest BCUT2D eigenvalue weighted by Gasteiger charge is -2.35. The molecule has 0 aromatic heterocycles. The molecule has 1 fully saturated rings. The van der Waals surface area contributed by atoms with Crippen LogP contribution in [-0.2, 0) is 11.2 Å². The second kappa shape index (κ2) is 13.8. The summed E-state index contributed by atoms with van der Waals surface area (Å²) in [5.41, 5.74) is 2.44. The van der Waals surface area contributed by atoms with Gasteiger partial charge in [-0.2, -0.15) is 0 Å². The predicted molar refractivity (Wildman–Crippen MR) is 149 cm³/mol. The number of phenols is 1. The third-order valence-corrected chi connectivity index (χ3v) is 7.23. The molecule has 1 saturated heterocycles. The summed E-state index contributed by atoms with van der Waals surface area (Å²) in [4.78, 5) is 13.9. The summed E-state index contributed by atoms with van der Waals surface area (Å²) in [5, 5.41) is 21.2. The van der Waals surface area contributed by atoms with E-state index in [1.54, 1.807) is 36.4 Å². The molecule has 8 heteroatoms. The van der Waals surface area contributed by atoms with Gasteiger partial charge in [-0.15, -0.1) is 0 Å². The minimum Gasteiger partial charge on any atom is -0.507 e. The lowest BCUT2D eigenvalue weighted by Crippen LogP contribution is -2.42. The minimum absolute atomic E-state index is 0.0517. The molecule has 1 aliphatic rings. The summed E-state index contributed by atoms with van der Waals surface area (Å²) in [6, 6.07) is 15.6. The smallest absolute Gasteiger partial charge is 0.163 e. The highest BCUT2D eigenvalue weighted by molar-refractivity contribution is 5.97. The number of phenolic OH excluding ortho intramolecular Hbond substituents is 1. The second-order valence-electron chi connectivity index (χ2n) is 10.3. The van der Waals surface area contributed by atoms with E-state index < -0.39 is 12.2 Å². The van der Waals surface area contributed by atoms with Crippen LogP contribution in [0.5, 0.6) is 11.5 Å². The van der Waals surface area contributed by atoms with Crippen molar-refractivity contribution in [3.05, 3.63) is 94.6 Å². The van der Waals surface area contributed by atoms with Gasteiger partial charge in [0.05, 0.1) is 11.7 Å². The topological polar surface area (TPSA) is 79.2 Å². The summed E-state index contributed by atoms with van der Waals surface area (Å²) < 4.78 is 39.4. The number of ether oxygens (including phenoxy) is 2. The summed E-state index contributed by atoms with van der Waals surface area (Å²) in [7, 11) is 0. The van der Waals surface area contributed by atoms with Crippen LogP contribution in [0.4, 0.5) is 8.78 Å². The number of β-amino-alcohol motifs (C(OH)–C–C–N with tert-alkyl or cyclic N) is 1. The molecule has 0 spiro atoms. The maximum atomic E-state index is 13.5. The van der Waals surface area contributed by atoms with Gasteiger partial charge < -0.3 is 24.6 Å². The first kappa shape index (κ1) is 29.6. The standard InChI is InChI=1S/C32H37F2NO5/c1-3-4-29-30(14-13-28(21(2)36)31(29)38)39-20-26(37)19-35-17-15-27(16-18-35)40-32(22-5-9-24(33)10-6-22)23-7-11-25(34)12-8-23/h5-14,26-27,32,37-38H,3-4,15-20H2,1-2H3. The third kappa shape index (κ3) is 7.65. The molecule has 214 valence electrons. The number of benzene rings is 3. The monoisotopic (exact) mass is 553 g/mol. The van der Waals surface area contributed by atoms with Gasteiger partial charge in [0.2, 0.25) is 0 Å². The molecule has 1 aliphatic heterocycles. The van der Waals surface area contributed by atoms with Crippen molar-refractivity contribution in [1.29, 1.82) is 0 Å². The highest BCUT2D eigenvalue weighted by atomic mass is 19.1. The predicted octanol–water partition coefficient (Wildman–Crippen LogP) is 5.84. The van der Waals surface area contributed by atoms with Crippen molar-refractivity contribution in [1.82, 2.24) is 4.90 Å². The van der Waals surface area contributed by atoms with Gasteiger partial charge >= 0.3 is 0 Å². The van der Waals surface area contributed by atoms with Crippen LogP contribution in [0.15, 0.2) is 60.7 Å². The van der Waals surface area contributed by atoms with Gasteiger partial charge in [0.25, 0.3) is 0 Å². The molecule has 0 radical (unpaired) electrons. The number of hydrogen-bond acceptors (Lipinski definition) is 6. The molecule has 0 bridgehead atoms. The number of piperidine rings is 1. The average Bonchev–Trinajstić information content (AvgIpc) is 2.94. The third-order valence-electron chi connectivity index (χ3n) is 7.23. The van der Waals surface area contributed by atoms with E-state index in [9.17, 15) is 23.8 Å². The zero-order valence-corrected chi connectivity index (χ0v) is 23.0. The van der Waals surface area contributed by atoms with Gasteiger partial charge in [0.1, 0.15) is 41.9 Å². The van der Waals surface area contributed by atoms with Crippen LogP contribution in [0.1, 0.15) is 66.3 Å². The van der Waals surface area contributed by atoms with Crippen LogP contribution in [-0.4, -0.2) is 59.3 Å². The fraction of sp³-hybridized carbons (Fsp3) is 0.406. The molecule has 0 amide bonds. The summed E-state index contributed by atoms with van der Waals surface area (Å²) >= 11 is 0. The minimum atomic E-state index is -0.743. The molecule has 40 heavy (non-hydrogen) atoms. The zero-order chi connectivity index (χ0) is 28.6. The van der Waals surface area contributed by atoms with Gasteiger partial charge in [-0.3, -0.25) is 4.79 Å². The largest absolute Gasteiger partial charge is 0.507 e. The number of nitrogens with zero attached hydrogens (tertiary/aromatic N) is 1. The number of aliphatic hydroxyl groups excluding tert-OH is 1. The van der Waals surface area contributed by atoms with Crippen LogP contribution < -0.4 is 4.74 Å². The molecule has 3 aromatic carbocycles. The maximum absolute atomic E-state index is 13.5. The number of carbonyl (C=O) groups excluding carboxylic acids is 1. The van der Waals surface area contributed by atoms with Crippen molar-refractivity contribution in [2.45, 2.75) is 57.8 Å². The summed E-state index contributed by atoms with van der Waals surface area (Å²) in [5.74, 6) is -0.450. The van der Waals surface area contributed by atoms with Crippen LogP contribution in [0.3, 0.4) is 0 Å². The lowest BCUT2D eigenvalue weighted by molar-refractivity contribution is -0.0346. The number of Topliss-reactive ketones (excluding diaryl/α,β-unsaturated/α-hetero) is 1. The van der Waals surface area contributed by atoms with Gasteiger partial charge in [0, 0.05) is 25.2 Å². The van der Waals surface area contributed by atoms with Crippen LogP contribution in [0.25, 0.3) is 0 Å². The Kier molecular flexibility index (Phi) is 10.3. The van der Waals surface area contributed by atoms with Crippen molar-refractivity contribution in [3.8, 4) is 11.5 Å². The van der Waals surface area contributed by atoms with Crippen LogP contribution in [0.2, 0.25) is 0 Å². The van der Waals surface area contributed by atoms with E-state index in [1.807, 2.05) is 6.92 Å². The van der Waals surface area contributed by atoms with Crippen LogP contribution >= 0.6 is 0 Å². The number of ketones is 1. The fourth-order valence-electron chi connectivity index (χ4n) is 5.11. The first-order valence-corrected chi connectivity index (χ1v) is 13.8. The molecule has 2 N–H and O–H groups in total. The Morgan fingerprint density at radius 2 is 1.55 bits per heavy atom. The Hall–Kier alpha value is -3.33. The first-order valence-electron chi connectivity index (χ1n) is 13.8. The van der Waals surface area contributed by atoms with Gasteiger partial charge in [-0.25, -0.2) is 8.78 Å². The number of aromatic hydroxyl groups is 1. The van der Waals surface area contributed by atoms with E-state index in [1.165, 1.54) is 31.2 Å². The Balaban J connectivity index is 1.31. The molecule has 4 rings (SSSR count). The maximum Gasteiger partial charge on any atom is 0.163 e. The number of rotatable bonds is 12. The number of hydrogen-bond donors (Lipinski definition) is 2. The average molecular weight is 554 g/mol. The van der Waals surface area contributed by atoms with E-state index in [-0.39, 0.29) is 41.4 Å². The highest BCUT2D eigenvalue weighted by Crippen LogP contribution is 2.33. The van der Waals surface area contributed by atoms with Gasteiger partial charge in [-0.1, -0.05) is 37.6 Å². The lowest BCUT2D eigenvalue weighted by atomic mass is 9.99. The zero-order valence-electron chi connectivity index (χ0n) is 23.0. The Morgan fingerprint density at radius 1 is 0.975 bits per heavy atom. The summed E-state index contributed by atoms with van der Waals surface area (Å²) in [6.07, 6.45) is 1.58. The SMILES string of the molecule is CCCc1c(OCC(O)CN2CCC(OC(c3ccc(F)cc3)c3ccc(F)cc3)CC2)ccc(C(C)=O)c1O. The van der Waals surface area contributed by atoms with Crippen molar-refractivity contribution < 1.29 is 33.3 Å². The number of halogens is 2. The van der Waals surface area contributed by atoms with Crippen molar-refractivity contribution in [3.63, 3.8) is 0 Å². The van der Waals surface area contributed by atoms with E-state index in [0.717, 1.165) is 43.5 Å². The Bertz CT molecular complexity index is 1210. The fourth-order valence-corrected chi connectivity index (χ4v) is 5.11. The van der Waals surface area contributed by atoms with E-state index >= 15 is 0 Å². The molecule has 1 atom stereocenters. The van der Waals surface area contributed by atoms with E-state index in [4.69, 9.17) is 9.47 Å². The molecular weight excluding hydrogens is 516 g/mol. The van der Waals surface area contributed by atoms with E-state index in [0.29, 0.717) is 24.3 Å². The molecule has 1 heterocycles. The second-order valence-corrected chi connectivity index (χ2v) is 10.3. The molecule has 6 nitrogen and oxygen atoms in total. The molecule has 0 saturated carbocycles.